The van der Waals surface area contributed by atoms with Crippen LogP contribution in [-0.2, 0) is 6.18 Å². The zero-order valence-electron chi connectivity index (χ0n) is 9.38. The van der Waals surface area contributed by atoms with Crippen LogP contribution in [0.4, 0.5) is 17.6 Å². The molecule has 100 valence electrons. The molecule has 0 aliphatic heterocycles. The minimum Gasteiger partial charge on any atom is -0.394 e. The molecule has 0 saturated carbocycles. The van der Waals surface area contributed by atoms with Crippen LogP contribution in [-0.4, -0.2) is 23.7 Å². The second-order valence-corrected chi connectivity index (χ2v) is 3.75. The van der Waals surface area contributed by atoms with Crippen LogP contribution in [0.3, 0.4) is 0 Å². The first kappa shape index (κ1) is 14.4. The third-order valence-electron chi connectivity index (χ3n) is 2.19. The highest BCUT2D eigenvalue weighted by atomic mass is 19.4. The Hall–Kier alpha value is -1.63. The van der Waals surface area contributed by atoms with E-state index in [1.54, 1.807) is 0 Å². The van der Waals surface area contributed by atoms with Crippen LogP contribution in [0.2, 0.25) is 0 Å². The van der Waals surface area contributed by atoms with Gasteiger partial charge >= 0.3 is 6.18 Å². The molecule has 7 heteroatoms. The molecule has 0 aliphatic rings. The fraction of sp³-hybridized carbons (Fsp3) is 0.364. The number of amides is 1. The van der Waals surface area contributed by atoms with E-state index in [0.717, 1.165) is 0 Å². The van der Waals surface area contributed by atoms with Gasteiger partial charge in [0.1, 0.15) is 5.82 Å². The van der Waals surface area contributed by atoms with Gasteiger partial charge in [-0.2, -0.15) is 13.2 Å². The molecule has 0 aliphatic carbocycles. The molecule has 2 N–H and O–H groups in total. The number of hydrogen-bond donors (Lipinski definition) is 2. The van der Waals surface area contributed by atoms with Gasteiger partial charge in [-0.15, -0.1) is 0 Å². The molecule has 1 aromatic carbocycles. The third kappa shape index (κ3) is 3.43. The summed E-state index contributed by atoms with van der Waals surface area (Å²) in [5.41, 5.74) is -1.81. The smallest absolute Gasteiger partial charge is 0.394 e. The number of rotatable bonds is 3. The molecule has 0 saturated heterocycles. The molecule has 1 rings (SSSR count). The third-order valence-corrected chi connectivity index (χ3v) is 2.19. The van der Waals surface area contributed by atoms with Gasteiger partial charge in [0.25, 0.3) is 5.91 Å². The van der Waals surface area contributed by atoms with Crippen LogP contribution < -0.4 is 5.32 Å². The highest BCUT2D eigenvalue weighted by Crippen LogP contribution is 2.30. The van der Waals surface area contributed by atoms with E-state index in [0.29, 0.717) is 18.2 Å². The minimum atomic E-state index is -4.65. The van der Waals surface area contributed by atoms with Crippen molar-refractivity contribution >= 4 is 5.91 Å². The Bertz CT molecular complexity index is 445. The molecule has 0 aromatic heterocycles. The average molecular weight is 265 g/mol. The van der Waals surface area contributed by atoms with Gasteiger partial charge in [0.2, 0.25) is 0 Å². The second-order valence-electron chi connectivity index (χ2n) is 3.75. The Morgan fingerprint density at radius 3 is 2.56 bits per heavy atom. The topological polar surface area (TPSA) is 49.3 Å². The van der Waals surface area contributed by atoms with Gasteiger partial charge < -0.3 is 10.4 Å². The number of carbonyl (C=O) groups is 1. The van der Waals surface area contributed by atoms with Gasteiger partial charge in [-0.1, -0.05) is 0 Å². The fourth-order valence-corrected chi connectivity index (χ4v) is 1.22. The van der Waals surface area contributed by atoms with Crippen molar-refractivity contribution in [3.8, 4) is 0 Å². The second kappa shape index (κ2) is 5.34. The number of nitrogens with one attached hydrogen (secondary N) is 1. The lowest BCUT2D eigenvalue weighted by Crippen LogP contribution is -2.35. The first-order valence-corrected chi connectivity index (χ1v) is 5.04. The van der Waals surface area contributed by atoms with Crippen molar-refractivity contribution in [1.29, 1.82) is 0 Å². The number of aliphatic hydroxyl groups is 1. The number of alkyl halides is 3. The van der Waals surface area contributed by atoms with Crippen LogP contribution in [0, 0.1) is 5.82 Å². The molecule has 0 bridgehead atoms. The van der Waals surface area contributed by atoms with Crippen LogP contribution >= 0.6 is 0 Å². The van der Waals surface area contributed by atoms with Crippen molar-refractivity contribution in [2.24, 2.45) is 0 Å². The highest BCUT2D eigenvalue weighted by Gasteiger charge is 2.32. The van der Waals surface area contributed by atoms with Gasteiger partial charge in [0.15, 0.2) is 0 Å². The zero-order chi connectivity index (χ0) is 13.9. The zero-order valence-corrected chi connectivity index (χ0v) is 9.38. The molecule has 1 aromatic rings. The molecule has 0 spiro atoms. The Morgan fingerprint density at radius 2 is 2.06 bits per heavy atom. The quantitative estimate of drug-likeness (QED) is 0.821. The summed E-state index contributed by atoms with van der Waals surface area (Å²) in [5.74, 6) is -2.05. The number of carbonyl (C=O) groups excluding carboxylic acids is 1. The monoisotopic (exact) mass is 265 g/mol. The van der Waals surface area contributed by atoms with Crippen molar-refractivity contribution in [3.63, 3.8) is 0 Å². The average Bonchev–Trinajstić information content (AvgIpc) is 2.27. The Balaban J connectivity index is 3.04. The van der Waals surface area contributed by atoms with Gasteiger partial charge in [-0.3, -0.25) is 4.79 Å². The molecule has 18 heavy (non-hydrogen) atoms. The summed E-state index contributed by atoms with van der Waals surface area (Å²) in [6.45, 7) is 1.04. The normalized spacial score (nSPS) is 13.2. The van der Waals surface area contributed by atoms with E-state index in [9.17, 15) is 22.4 Å². The van der Waals surface area contributed by atoms with Gasteiger partial charge in [0.05, 0.1) is 17.7 Å². The van der Waals surface area contributed by atoms with E-state index in [2.05, 4.69) is 5.32 Å². The summed E-state index contributed by atoms with van der Waals surface area (Å²) in [7, 11) is 0. The van der Waals surface area contributed by atoms with Crippen molar-refractivity contribution in [2.45, 2.75) is 19.1 Å². The van der Waals surface area contributed by atoms with Crippen LogP contribution in [0.25, 0.3) is 0 Å². The molecule has 1 unspecified atom stereocenters. The predicted molar refractivity (Wildman–Crippen MR) is 55.4 cm³/mol. The summed E-state index contributed by atoms with van der Waals surface area (Å²) >= 11 is 0. The van der Waals surface area contributed by atoms with Crippen LogP contribution in [0.5, 0.6) is 0 Å². The number of benzene rings is 1. The van der Waals surface area contributed by atoms with E-state index in [1.165, 1.54) is 6.92 Å². The van der Waals surface area contributed by atoms with Crippen molar-refractivity contribution in [2.75, 3.05) is 6.61 Å². The van der Waals surface area contributed by atoms with E-state index >= 15 is 0 Å². The Labute approximate surface area is 100 Å². The first-order valence-electron chi connectivity index (χ1n) is 5.04. The first-order chi connectivity index (χ1) is 8.25. The fourth-order valence-electron chi connectivity index (χ4n) is 1.22. The van der Waals surface area contributed by atoms with E-state index in [1.807, 2.05) is 0 Å². The van der Waals surface area contributed by atoms with Gasteiger partial charge in [-0.25, -0.2) is 4.39 Å². The SMILES string of the molecule is CC(CO)NC(=O)c1cc(C(F)(F)F)ccc1F. The summed E-state index contributed by atoms with van der Waals surface area (Å²) in [5, 5.41) is 10.9. The maximum absolute atomic E-state index is 13.3. The number of halogens is 4. The Kier molecular flexibility index (Phi) is 4.28. The van der Waals surface area contributed by atoms with Crippen molar-refractivity contribution in [1.82, 2.24) is 5.32 Å². The summed E-state index contributed by atoms with van der Waals surface area (Å²) < 4.78 is 50.5. The van der Waals surface area contributed by atoms with Crippen molar-refractivity contribution in [3.05, 3.63) is 35.1 Å². The van der Waals surface area contributed by atoms with E-state index in [4.69, 9.17) is 5.11 Å². The molecule has 0 heterocycles. The molecule has 1 amide bonds. The summed E-state index contributed by atoms with van der Waals surface area (Å²) in [6, 6.07) is 0.906. The maximum atomic E-state index is 13.3. The lowest BCUT2D eigenvalue weighted by molar-refractivity contribution is -0.137. The lowest BCUT2D eigenvalue weighted by atomic mass is 10.1. The predicted octanol–water partition coefficient (Wildman–Crippen LogP) is 1.96. The molecular formula is C11H11F4NO2. The largest absolute Gasteiger partial charge is 0.416 e. The summed E-state index contributed by atoms with van der Waals surface area (Å²) in [6.07, 6.45) is -4.65. The standard InChI is InChI=1S/C11H11F4NO2/c1-6(5-17)16-10(18)8-4-7(11(13,14)15)2-3-9(8)12/h2-4,6,17H,5H2,1H3,(H,16,18). The Morgan fingerprint density at radius 1 is 1.44 bits per heavy atom. The number of aliphatic hydroxyl groups excluding tert-OH is 1. The lowest BCUT2D eigenvalue weighted by Gasteiger charge is -2.13. The minimum absolute atomic E-state index is 0.397. The van der Waals surface area contributed by atoms with E-state index < -0.39 is 41.7 Å². The van der Waals surface area contributed by atoms with Gasteiger partial charge in [0, 0.05) is 6.04 Å². The number of hydrogen-bond acceptors (Lipinski definition) is 2. The molecule has 1 atom stereocenters. The molecule has 0 radical (unpaired) electrons. The summed E-state index contributed by atoms with van der Waals surface area (Å²) in [4.78, 5) is 11.5. The van der Waals surface area contributed by atoms with Gasteiger partial charge in [-0.05, 0) is 25.1 Å². The van der Waals surface area contributed by atoms with Crippen LogP contribution in [0.1, 0.15) is 22.8 Å². The molecular weight excluding hydrogens is 254 g/mol. The van der Waals surface area contributed by atoms with Crippen molar-refractivity contribution < 1.29 is 27.5 Å². The molecule has 0 fully saturated rings. The molecule has 3 nitrogen and oxygen atoms in total. The van der Waals surface area contributed by atoms with Crippen LogP contribution in [0.15, 0.2) is 18.2 Å². The highest BCUT2D eigenvalue weighted by molar-refractivity contribution is 5.94. The van der Waals surface area contributed by atoms with E-state index in [-0.39, 0.29) is 0 Å². The maximum Gasteiger partial charge on any atom is 0.416 e.